The van der Waals surface area contributed by atoms with Crippen molar-refractivity contribution < 1.29 is 14.1 Å². The van der Waals surface area contributed by atoms with Crippen LogP contribution in [0.2, 0.25) is 0 Å². The number of nitrogens with zero attached hydrogens (tertiary/aromatic N) is 2. The average molecular weight is 196 g/mol. The molecule has 1 aliphatic heterocycles. The number of aromatic nitrogens is 2. The molecule has 0 N–H and O–H groups in total. The van der Waals surface area contributed by atoms with Gasteiger partial charge < -0.3 is 9.26 Å². The van der Waals surface area contributed by atoms with Crippen LogP contribution in [0.5, 0.6) is 0 Å². The largest absolute Gasteiger partial charge is 0.381 e. The lowest BCUT2D eigenvalue weighted by molar-refractivity contribution is 0.0520. The Kier molecular flexibility index (Phi) is 2.88. The molecule has 2 heterocycles. The van der Waals surface area contributed by atoms with Gasteiger partial charge in [-0.15, -0.1) is 0 Å². The summed E-state index contributed by atoms with van der Waals surface area (Å²) in [6, 6.07) is 0. The zero-order chi connectivity index (χ0) is 9.80. The van der Waals surface area contributed by atoms with Gasteiger partial charge in [-0.05, 0) is 18.8 Å². The molecule has 1 unspecified atom stereocenters. The number of ether oxygens (including phenoxy) is 1. The molecule has 5 nitrogen and oxygen atoms in total. The van der Waals surface area contributed by atoms with Crippen LogP contribution >= 0.6 is 0 Å². The van der Waals surface area contributed by atoms with Gasteiger partial charge >= 0.3 is 0 Å². The Morgan fingerprint density at radius 1 is 1.57 bits per heavy atom. The van der Waals surface area contributed by atoms with E-state index in [-0.39, 0.29) is 5.82 Å². The van der Waals surface area contributed by atoms with E-state index < -0.39 is 0 Å². The minimum atomic E-state index is 0.122. The highest BCUT2D eigenvalue weighted by molar-refractivity contribution is 5.68. The van der Waals surface area contributed by atoms with E-state index in [9.17, 15) is 4.79 Å². The molecule has 0 radical (unpaired) electrons. The second-order valence-corrected chi connectivity index (χ2v) is 3.45. The number of aldehydes is 1. The van der Waals surface area contributed by atoms with Crippen molar-refractivity contribution in [2.75, 3.05) is 13.2 Å². The zero-order valence-electron chi connectivity index (χ0n) is 7.81. The third-order valence-electron chi connectivity index (χ3n) is 2.31. The van der Waals surface area contributed by atoms with Crippen molar-refractivity contribution in [3.63, 3.8) is 0 Å². The van der Waals surface area contributed by atoms with Crippen LogP contribution in [0.3, 0.4) is 0 Å². The maximum Gasteiger partial charge on any atom is 0.235 e. The number of carbonyl (C=O) groups is 1. The van der Waals surface area contributed by atoms with E-state index in [1.54, 1.807) is 0 Å². The predicted molar refractivity (Wildman–Crippen MR) is 46.9 cm³/mol. The van der Waals surface area contributed by atoms with Gasteiger partial charge in [-0.3, -0.25) is 4.79 Å². The Bertz CT molecular complexity index is 305. The van der Waals surface area contributed by atoms with E-state index in [4.69, 9.17) is 9.26 Å². The maximum absolute atomic E-state index is 10.3. The topological polar surface area (TPSA) is 65.2 Å². The summed E-state index contributed by atoms with van der Waals surface area (Å²) in [4.78, 5) is 14.2. The van der Waals surface area contributed by atoms with Gasteiger partial charge in [0.05, 0.1) is 0 Å². The molecule has 5 heteroatoms. The molecule has 1 aromatic rings. The van der Waals surface area contributed by atoms with Gasteiger partial charge in [0.25, 0.3) is 0 Å². The maximum atomic E-state index is 10.3. The zero-order valence-corrected chi connectivity index (χ0v) is 7.81. The molecule has 0 saturated carbocycles. The van der Waals surface area contributed by atoms with Crippen molar-refractivity contribution in [2.24, 2.45) is 5.92 Å². The van der Waals surface area contributed by atoms with Crippen LogP contribution in [0.4, 0.5) is 0 Å². The van der Waals surface area contributed by atoms with Gasteiger partial charge in [0, 0.05) is 19.6 Å². The minimum Gasteiger partial charge on any atom is -0.381 e. The fourth-order valence-electron chi connectivity index (χ4n) is 1.61. The first-order valence-corrected chi connectivity index (χ1v) is 4.74. The van der Waals surface area contributed by atoms with E-state index in [1.165, 1.54) is 0 Å². The molecule has 1 saturated heterocycles. The van der Waals surface area contributed by atoms with Crippen molar-refractivity contribution in [3.05, 3.63) is 11.7 Å². The molecule has 0 aliphatic carbocycles. The van der Waals surface area contributed by atoms with E-state index in [0.717, 1.165) is 26.1 Å². The quantitative estimate of drug-likeness (QED) is 0.670. The van der Waals surface area contributed by atoms with E-state index in [2.05, 4.69) is 10.1 Å². The first kappa shape index (κ1) is 9.33. The summed E-state index contributed by atoms with van der Waals surface area (Å²) in [5, 5.41) is 3.51. The van der Waals surface area contributed by atoms with E-state index >= 15 is 0 Å². The fourth-order valence-corrected chi connectivity index (χ4v) is 1.61. The molecule has 0 bridgehead atoms. The number of carbonyl (C=O) groups excluding carboxylic acids is 1. The Morgan fingerprint density at radius 2 is 2.50 bits per heavy atom. The van der Waals surface area contributed by atoms with Crippen LogP contribution in [-0.2, 0) is 11.2 Å². The van der Waals surface area contributed by atoms with E-state index in [1.807, 2.05) is 0 Å². The summed E-state index contributed by atoms with van der Waals surface area (Å²) in [6.45, 7) is 1.60. The number of hydrogen-bond donors (Lipinski definition) is 0. The van der Waals surface area contributed by atoms with Crippen molar-refractivity contribution >= 4 is 6.29 Å². The van der Waals surface area contributed by atoms with Gasteiger partial charge in [-0.1, -0.05) is 5.16 Å². The average Bonchev–Trinajstić information content (AvgIpc) is 2.67. The van der Waals surface area contributed by atoms with Crippen LogP contribution in [0.1, 0.15) is 29.4 Å². The van der Waals surface area contributed by atoms with Crippen molar-refractivity contribution in [3.8, 4) is 0 Å². The van der Waals surface area contributed by atoms with Crippen LogP contribution in [0.25, 0.3) is 0 Å². The predicted octanol–water partition coefficient (Wildman–Crippen LogP) is 0.851. The lowest BCUT2D eigenvalue weighted by atomic mass is 9.99. The van der Waals surface area contributed by atoms with Crippen LogP contribution < -0.4 is 0 Å². The SMILES string of the molecule is O=Cc1noc(CC2CCCOC2)n1. The van der Waals surface area contributed by atoms with Gasteiger partial charge in [-0.25, -0.2) is 0 Å². The molecule has 2 rings (SSSR count). The summed E-state index contributed by atoms with van der Waals surface area (Å²) in [5.41, 5.74) is 0. The molecule has 0 spiro atoms. The molecule has 1 atom stereocenters. The fraction of sp³-hybridized carbons (Fsp3) is 0.667. The lowest BCUT2D eigenvalue weighted by Gasteiger charge is -2.19. The summed E-state index contributed by atoms with van der Waals surface area (Å²) in [5.74, 6) is 1.10. The molecular formula is C9H12N2O3. The van der Waals surface area contributed by atoms with Gasteiger partial charge in [-0.2, -0.15) is 4.98 Å². The highest BCUT2D eigenvalue weighted by atomic mass is 16.5. The first-order chi connectivity index (χ1) is 6.88. The van der Waals surface area contributed by atoms with Crippen LogP contribution in [0, 0.1) is 5.92 Å². The van der Waals surface area contributed by atoms with Crippen LogP contribution in [-0.4, -0.2) is 29.6 Å². The Hall–Kier alpha value is -1.23. The molecule has 14 heavy (non-hydrogen) atoms. The molecular weight excluding hydrogens is 184 g/mol. The summed E-state index contributed by atoms with van der Waals surface area (Å²) in [6.07, 6.45) is 3.50. The Labute approximate surface area is 81.4 Å². The van der Waals surface area contributed by atoms with Gasteiger partial charge in [0.15, 0.2) is 6.29 Å². The number of hydrogen-bond acceptors (Lipinski definition) is 5. The van der Waals surface area contributed by atoms with Crippen molar-refractivity contribution in [1.82, 2.24) is 10.1 Å². The smallest absolute Gasteiger partial charge is 0.235 e. The third-order valence-corrected chi connectivity index (χ3v) is 2.31. The molecule has 1 fully saturated rings. The highest BCUT2D eigenvalue weighted by Crippen LogP contribution is 2.17. The molecule has 0 aromatic carbocycles. The lowest BCUT2D eigenvalue weighted by Crippen LogP contribution is -2.19. The standard InChI is InChI=1S/C9H12N2O3/c12-5-8-10-9(14-11-8)4-7-2-1-3-13-6-7/h5,7H,1-4,6H2. The minimum absolute atomic E-state index is 0.122. The van der Waals surface area contributed by atoms with Gasteiger partial charge in [0.1, 0.15) is 0 Å². The second kappa shape index (κ2) is 4.32. The molecule has 76 valence electrons. The van der Waals surface area contributed by atoms with Crippen molar-refractivity contribution in [2.45, 2.75) is 19.3 Å². The highest BCUT2D eigenvalue weighted by Gasteiger charge is 2.17. The summed E-state index contributed by atoms with van der Waals surface area (Å²) < 4.78 is 10.2. The first-order valence-electron chi connectivity index (χ1n) is 4.74. The normalized spacial score (nSPS) is 22.1. The monoisotopic (exact) mass is 196 g/mol. The molecule has 0 amide bonds. The summed E-state index contributed by atoms with van der Waals surface area (Å²) in [7, 11) is 0. The van der Waals surface area contributed by atoms with E-state index in [0.29, 0.717) is 24.5 Å². The second-order valence-electron chi connectivity index (χ2n) is 3.45. The third kappa shape index (κ3) is 2.17. The molecule has 1 aromatic heterocycles. The van der Waals surface area contributed by atoms with Gasteiger partial charge in [0.2, 0.25) is 11.7 Å². The Morgan fingerprint density at radius 3 is 3.14 bits per heavy atom. The van der Waals surface area contributed by atoms with Crippen molar-refractivity contribution in [1.29, 1.82) is 0 Å². The summed E-state index contributed by atoms with van der Waals surface area (Å²) >= 11 is 0. The Balaban J connectivity index is 1.92. The number of rotatable bonds is 3. The molecule has 1 aliphatic rings. The van der Waals surface area contributed by atoms with Crippen LogP contribution in [0.15, 0.2) is 4.52 Å².